The van der Waals surface area contributed by atoms with Crippen LogP contribution in [0.3, 0.4) is 0 Å². The molecule has 0 radical (unpaired) electrons. The first-order valence-corrected chi connectivity index (χ1v) is 6.13. The number of H-pyrrole nitrogens is 1. The van der Waals surface area contributed by atoms with E-state index in [1.54, 1.807) is 0 Å². The van der Waals surface area contributed by atoms with E-state index in [0.717, 1.165) is 11.2 Å². The van der Waals surface area contributed by atoms with Crippen LogP contribution in [0.4, 0.5) is 0 Å². The van der Waals surface area contributed by atoms with Crippen LogP contribution in [0.1, 0.15) is 24.6 Å². The summed E-state index contributed by atoms with van der Waals surface area (Å²) >= 11 is 0. The van der Waals surface area contributed by atoms with Crippen LogP contribution in [0, 0.1) is 6.92 Å². The van der Waals surface area contributed by atoms with Gasteiger partial charge in [-0.1, -0.05) is 25.1 Å². The summed E-state index contributed by atoms with van der Waals surface area (Å²) in [6, 6.07) is 8.01. The first-order valence-electron chi connectivity index (χ1n) is 6.13. The average molecular weight is 232 g/mol. The lowest BCUT2D eigenvalue weighted by atomic mass is 9.98. The molecule has 2 unspecified atom stereocenters. The Hall–Kier alpha value is -1.32. The molecule has 0 aliphatic heterocycles. The van der Waals surface area contributed by atoms with Crippen molar-refractivity contribution < 1.29 is 5.11 Å². The summed E-state index contributed by atoms with van der Waals surface area (Å²) in [6.07, 6.45) is 0.982. The predicted octanol–water partition coefficient (Wildman–Crippen LogP) is 2.12. The molecule has 1 aromatic carbocycles. The Kier molecular flexibility index (Phi) is 3.50. The summed E-state index contributed by atoms with van der Waals surface area (Å²) in [6.45, 7) is 4.01. The van der Waals surface area contributed by atoms with Crippen molar-refractivity contribution in [2.24, 2.45) is 5.73 Å². The van der Waals surface area contributed by atoms with Gasteiger partial charge >= 0.3 is 0 Å². The van der Waals surface area contributed by atoms with Gasteiger partial charge in [0, 0.05) is 22.6 Å². The lowest BCUT2D eigenvalue weighted by Crippen LogP contribution is -2.36. The van der Waals surface area contributed by atoms with Gasteiger partial charge in [0.25, 0.3) is 0 Å². The van der Waals surface area contributed by atoms with Crippen LogP contribution < -0.4 is 5.73 Å². The summed E-state index contributed by atoms with van der Waals surface area (Å²) in [7, 11) is 0. The molecular weight excluding hydrogens is 212 g/mol. The number of aliphatic hydroxyl groups is 1. The van der Waals surface area contributed by atoms with E-state index < -0.39 is 6.10 Å². The van der Waals surface area contributed by atoms with E-state index in [4.69, 9.17) is 5.73 Å². The Bertz CT molecular complexity index is 504. The fourth-order valence-corrected chi connectivity index (χ4v) is 2.27. The quantitative estimate of drug-likeness (QED) is 0.756. The summed E-state index contributed by atoms with van der Waals surface area (Å²) in [4.78, 5) is 3.35. The smallest absolute Gasteiger partial charge is 0.0691 e. The fraction of sp³-hybridized carbons (Fsp3) is 0.429. The van der Waals surface area contributed by atoms with Crippen LogP contribution in [0.5, 0.6) is 0 Å². The van der Waals surface area contributed by atoms with E-state index in [1.165, 1.54) is 10.9 Å². The van der Waals surface area contributed by atoms with Gasteiger partial charge in [0.2, 0.25) is 0 Å². The highest BCUT2D eigenvalue weighted by molar-refractivity contribution is 5.84. The first kappa shape index (κ1) is 12.1. The van der Waals surface area contributed by atoms with Gasteiger partial charge in [-0.15, -0.1) is 0 Å². The topological polar surface area (TPSA) is 62.0 Å². The molecule has 2 atom stereocenters. The molecule has 0 fully saturated rings. The van der Waals surface area contributed by atoms with Gasteiger partial charge in [0.1, 0.15) is 0 Å². The van der Waals surface area contributed by atoms with Crippen molar-refractivity contribution in [3.8, 4) is 0 Å². The summed E-state index contributed by atoms with van der Waals surface area (Å²) in [5, 5.41) is 11.0. The number of rotatable bonds is 4. The maximum atomic E-state index is 9.75. The number of hydrogen-bond donors (Lipinski definition) is 3. The van der Waals surface area contributed by atoms with Crippen molar-refractivity contribution in [3.63, 3.8) is 0 Å². The minimum Gasteiger partial charge on any atom is -0.392 e. The van der Waals surface area contributed by atoms with E-state index in [2.05, 4.69) is 24.0 Å². The second-order valence-corrected chi connectivity index (χ2v) is 4.62. The lowest BCUT2D eigenvalue weighted by molar-refractivity contribution is 0.140. The summed E-state index contributed by atoms with van der Waals surface area (Å²) < 4.78 is 0. The molecule has 17 heavy (non-hydrogen) atoms. The van der Waals surface area contributed by atoms with Crippen molar-refractivity contribution in [3.05, 3.63) is 35.5 Å². The molecule has 3 heteroatoms. The number of aromatic nitrogens is 1. The molecule has 92 valence electrons. The number of hydrogen-bond acceptors (Lipinski definition) is 2. The molecule has 4 N–H and O–H groups in total. The predicted molar refractivity (Wildman–Crippen MR) is 71.0 cm³/mol. The third-order valence-corrected chi connectivity index (χ3v) is 3.38. The molecule has 0 spiro atoms. The van der Waals surface area contributed by atoms with E-state index >= 15 is 0 Å². The minimum atomic E-state index is -0.428. The second kappa shape index (κ2) is 4.90. The van der Waals surface area contributed by atoms with Gasteiger partial charge < -0.3 is 15.8 Å². The van der Waals surface area contributed by atoms with E-state index in [1.807, 2.05) is 19.1 Å². The third-order valence-electron chi connectivity index (χ3n) is 3.38. The molecular formula is C14H20N2O. The number of aliphatic hydroxyl groups excluding tert-OH is 1. The van der Waals surface area contributed by atoms with Gasteiger partial charge in [0.05, 0.1) is 6.10 Å². The highest BCUT2D eigenvalue weighted by atomic mass is 16.3. The molecule has 1 heterocycles. The Morgan fingerprint density at radius 2 is 2.06 bits per heavy atom. The zero-order valence-electron chi connectivity index (χ0n) is 10.4. The van der Waals surface area contributed by atoms with Gasteiger partial charge in [0.15, 0.2) is 0 Å². The highest BCUT2D eigenvalue weighted by Gasteiger charge is 2.17. The van der Waals surface area contributed by atoms with Crippen molar-refractivity contribution in [2.45, 2.75) is 38.8 Å². The average Bonchev–Trinajstić information content (AvgIpc) is 2.65. The van der Waals surface area contributed by atoms with Gasteiger partial charge in [-0.2, -0.15) is 0 Å². The zero-order chi connectivity index (χ0) is 12.4. The molecule has 0 aliphatic rings. The van der Waals surface area contributed by atoms with E-state index in [9.17, 15) is 5.11 Å². The molecule has 0 aliphatic carbocycles. The largest absolute Gasteiger partial charge is 0.392 e. The van der Waals surface area contributed by atoms with Crippen LogP contribution in [-0.2, 0) is 6.42 Å². The number of aryl methyl sites for hydroxylation is 1. The second-order valence-electron chi connectivity index (χ2n) is 4.62. The number of aromatic amines is 1. The standard InChI is InChI=1S/C14H20N2O/c1-3-14(17)12(15)8-11-9(2)16-13-7-5-4-6-10(11)13/h4-7,12,14,16-17H,3,8,15H2,1-2H3. The lowest BCUT2D eigenvalue weighted by Gasteiger charge is -2.17. The molecule has 0 saturated carbocycles. The number of fused-ring (bicyclic) bond motifs is 1. The maximum absolute atomic E-state index is 9.75. The summed E-state index contributed by atoms with van der Waals surface area (Å²) in [5.41, 5.74) is 9.52. The van der Waals surface area contributed by atoms with Crippen LogP contribution in [0.2, 0.25) is 0 Å². The molecule has 0 bridgehead atoms. The Morgan fingerprint density at radius 1 is 1.35 bits per heavy atom. The fourth-order valence-electron chi connectivity index (χ4n) is 2.27. The number of para-hydroxylation sites is 1. The number of nitrogens with one attached hydrogen (secondary N) is 1. The van der Waals surface area contributed by atoms with E-state index in [-0.39, 0.29) is 6.04 Å². The zero-order valence-corrected chi connectivity index (χ0v) is 10.4. The van der Waals surface area contributed by atoms with Crippen molar-refractivity contribution in [2.75, 3.05) is 0 Å². The Labute approximate surface area is 102 Å². The van der Waals surface area contributed by atoms with Crippen LogP contribution >= 0.6 is 0 Å². The minimum absolute atomic E-state index is 0.196. The van der Waals surface area contributed by atoms with Crippen LogP contribution in [0.15, 0.2) is 24.3 Å². The molecule has 2 rings (SSSR count). The molecule has 0 amide bonds. The highest BCUT2D eigenvalue weighted by Crippen LogP contribution is 2.23. The maximum Gasteiger partial charge on any atom is 0.0691 e. The third kappa shape index (κ3) is 2.35. The van der Waals surface area contributed by atoms with Crippen LogP contribution in [0.25, 0.3) is 10.9 Å². The number of benzene rings is 1. The van der Waals surface area contributed by atoms with Gasteiger partial charge in [-0.05, 0) is 31.4 Å². The molecule has 3 nitrogen and oxygen atoms in total. The normalized spacial score (nSPS) is 15.1. The van der Waals surface area contributed by atoms with E-state index in [0.29, 0.717) is 12.8 Å². The SMILES string of the molecule is CCC(O)C(N)Cc1c(C)[nH]c2ccccc12. The Morgan fingerprint density at radius 3 is 2.76 bits per heavy atom. The number of nitrogens with two attached hydrogens (primary N) is 1. The molecule has 1 aromatic heterocycles. The van der Waals surface area contributed by atoms with Crippen molar-refractivity contribution in [1.29, 1.82) is 0 Å². The first-order chi connectivity index (χ1) is 8.13. The Balaban J connectivity index is 2.32. The van der Waals surface area contributed by atoms with Gasteiger partial charge in [-0.3, -0.25) is 0 Å². The van der Waals surface area contributed by atoms with Gasteiger partial charge in [-0.25, -0.2) is 0 Å². The molecule has 0 saturated heterocycles. The molecule has 2 aromatic rings. The van der Waals surface area contributed by atoms with Crippen LogP contribution in [-0.4, -0.2) is 22.2 Å². The van der Waals surface area contributed by atoms with Crippen molar-refractivity contribution >= 4 is 10.9 Å². The van der Waals surface area contributed by atoms with Crippen molar-refractivity contribution in [1.82, 2.24) is 4.98 Å². The summed E-state index contributed by atoms with van der Waals surface area (Å²) in [5.74, 6) is 0. The monoisotopic (exact) mass is 232 g/mol.